The number of hydrogen-bond donors (Lipinski definition) is 1. The zero-order valence-corrected chi connectivity index (χ0v) is 8.08. The van der Waals surface area contributed by atoms with Crippen molar-refractivity contribution in [2.45, 2.75) is 0 Å². The van der Waals surface area contributed by atoms with Crippen LogP contribution in [0.25, 0.3) is 6.08 Å². The number of phenols is 1. The first-order chi connectivity index (χ1) is 5.75. The molecule has 0 atom stereocenters. The van der Waals surface area contributed by atoms with E-state index in [1.807, 2.05) is 6.07 Å². The molecule has 0 aliphatic carbocycles. The molecule has 1 nitrogen and oxygen atoms in total. The van der Waals surface area contributed by atoms with E-state index in [4.69, 9.17) is 0 Å². The topological polar surface area (TPSA) is 20.2 Å². The molecule has 12 heavy (non-hydrogen) atoms. The van der Waals surface area contributed by atoms with E-state index >= 15 is 0 Å². The van der Waals surface area contributed by atoms with Crippen molar-refractivity contribution >= 4 is 22.0 Å². The van der Waals surface area contributed by atoms with Crippen molar-refractivity contribution in [3.8, 4) is 5.75 Å². The van der Waals surface area contributed by atoms with Gasteiger partial charge in [-0.1, -0.05) is 46.8 Å². The maximum absolute atomic E-state index is 9.40. The Morgan fingerprint density at radius 2 is 2.17 bits per heavy atom. The number of halogens is 1. The number of rotatable bonds is 2. The molecule has 0 saturated carbocycles. The van der Waals surface area contributed by atoms with E-state index in [1.54, 1.807) is 30.4 Å². The highest BCUT2D eigenvalue weighted by Crippen LogP contribution is 2.26. The summed E-state index contributed by atoms with van der Waals surface area (Å²) in [6.45, 7) is 3.55. The quantitative estimate of drug-likeness (QED) is 0.765. The van der Waals surface area contributed by atoms with Crippen molar-refractivity contribution in [1.82, 2.24) is 0 Å². The lowest BCUT2D eigenvalue weighted by Crippen LogP contribution is -1.75. The van der Waals surface area contributed by atoms with Crippen LogP contribution in [0.5, 0.6) is 5.75 Å². The third-order valence-corrected chi connectivity index (χ3v) is 2.12. The minimum Gasteiger partial charge on any atom is -0.507 e. The van der Waals surface area contributed by atoms with Gasteiger partial charge in [0, 0.05) is 10.0 Å². The first-order valence-electron chi connectivity index (χ1n) is 3.52. The summed E-state index contributed by atoms with van der Waals surface area (Å²) in [5, 5.41) is 9.40. The van der Waals surface area contributed by atoms with Crippen molar-refractivity contribution in [2.75, 3.05) is 0 Å². The molecular weight excluding hydrogens is 216 g/mol. The van der Waals surface area contributed by atoms with Gasteiger partial charge in [0.15, 0.2) is 0 Å². The summed E-state index contributed by atoms with van der Waals surface area (Å²) in [5.74, 6) is 0.266. The molecule has 1 aromatic carbocycles. The van der Waals surface area contributed by atoms with Gasteiger partial charge in [0.05, 0.1) is 0 Å². The third kappa shape index (κ3) is 1.98. The maximum Gasteiger partial charge on any atom is 0.123 e. The van der Waals surface area contributed by atoms with Crippen LogP contribution in [0.2, 0.25) is 0 Å². The summed E-state index contributed by atoms with van der Waals surface area (Å²) < 4.78 is 0.876. The predicted molar refractivity (Wildman–Crippen MR) is 55.0 cm³/mol. The monoisotopic (exact) mass is 224 g/mol. The Morgan fingerprint density at radius 1 is 1.42 bits per heavy atom. The van der Waals surface area contributed by atoms with Gasteiger partial charge in [-0.2, -0.15) is 0 Å². The van der Waals surface area contributed by atoms with E-state index in [0.717, 1.165) is 10.0 Å². The number of phenolic OH excluding ortho intramolecular Hbond substituents is 1. The standard InChI is InChI=1S/C10H9BrO/c1-2-3-5-8-9(11)6-4-7-10(8)12/h2-7,12H,1H2/b5-3+. The Bertz CT molecular complexity index is 295. The Labute approximate surface area is 80.2 Å². The highest BCUT2D eigenvalue weighted by molar-refractivity contribution is 9.10. The van der Waals surface area contributed by atoms with Gasteiger partial charge in [-0.15, -0.1) is 0 Å². The zero-order valence-electron chi connectivity index (χ0n) is 6.50. The summed E-state index contributed by atoms with van der Waals surface area (Å²) in [6.07, 6.45) is 5.24. The number of aromatic hydroxyl groups is 1. The van der Waals surface area contributed by atoms with Gasteiger partial charge in [-0.05, 0) is 12.1 Å². The molecule has 0 amide bonds. The molecule has 1 aromatic rings. The van der Waals surface area contributed by atoms with Gasteiger partial charge < -0.3 is 5.11 Å². The third-order valence-electron chi connectivity index (χ3n) is 1.43. The van der Waals surface area contributed by atoms with E-state index < -0.39 is 0 Å². The summed E-state index contributed by atoms with van der Waals surface area (Å²) in [5.41, 5.74) is 0.775. The van der Waals surface area contributed by atoms with E-state index in [9.17, 15) is 5.11 Å². The lowest BCUT2D eigenvalue weighted by Gasteiger charge is -2.00. The Morgan fingerprint density at radius 3 is 2.75 bits per heavy atom. The first-order valence-corrected chi connectivity index (χ1v) is 4.31. The molecule has 0 unspecified atom stereocenters. The average Bonchev–Trinajstić information content (AvgIpc) is 2.04. The van der Waals surface area contributed by atoms with Gasteiger partial charge >= 0.3 is 0 Å². The van der Waals surface area contributed by atoms with E-state index in [-0.39, 0.29) is 5.75 Å². The molecular formula is C10H9BrO. The SMILES string of the molecule is C=C/C=C/c1c(O)cccc1Br. The highest BCUT2D eigenvalue weighted by atomic mass is 79.9. The molecule has 0 aliphatic heterocycles. The van der Waals surface area contributed by atoms with Crippen LogP contribution >= 0.6 is 15.9 Å². The second-order valence-electron chi connectivity index (χ2n) is 2.27. The van der Waals surface area contributed by atoms with Crippen LogP contribution in [-0.4, -0.2) is 5.11 Å². The molecule has 1 N–H and O–H groups in total. The van der Waals surface area contributed by atoms with Crippen LogP contribution in [0.1, 0.15) is 5.56 Å². The summed E-state index contributed by atoms with van der Waals surface area (Å²) in [6, 6.07) is 5.31. The molecule has 0 radical (unpaired) electrons. The summed E-state index contributed by atoms with van der Waals surface area (Å²) in [7, 11) is 0. The number of benzene rings is 1. The number of allylic oxidation sites excluding steroid dienone is 2. The minimum absolute atomic E-state index is 0.266. The molecule has 0 heterocycles. The lowest BCUT2D eigenvalue weighted by molar-refractivity contribution is 0.473. The van der Waals surface area contributed by atoms with E-state index in [2.05, 4.69) is 22.5 Å². The Hall–Kier alpha value is -1.02. The van der Waals surface area contributed by atoms with Gasteiger partial charge in [0.25, 0.3) is 0 Å². The van der Waals surface area contributed by atoms with Gasteiger partial charge in [0.1, 0.15) is 5.75 Å². The fourth-order valence-corrected chi connectivity index (χ4v) is 1.34. The Kier molecular flexibility index (Phi) is 3.11. The largest absolute Gasteiger partial charge is 0.507 e. The van der Waals surface area contributed by atoms with E-state index in [0.29, 0.717) is 0 Å². The molecule has 0 aromatic heterocycles. The van der Waals surface area contributed by atoms with Crippen LogP contribution in [0.4, 0.5) is 0 Å². The lowest BCUT2D eigenvalue weighted by atomic mass is 10.2. The molecule has 0 bridgehead atoms. The Balaban J connectivity index is 3.12. The normalized spacial score (nSPS) is 10.4. The second kappa shape index (κ2) is 4.12. The van der Waals surface area contributed by atoms with Crippen molar-refractivity contribution in [1.29, 1.82) is 0 Å². The van der Waals surface area contributed by atoms with Crippen molar-refractivity contribution < 1.29 is 5.11 Å². The molecule has 0 fully saturated rings. The van der Waals surface area contributed by atoms with Crippen LogP contribution in [0.3, 0.4) is 0 Å². The van der Waals surface area contributed by atoms with Crippen LogP contribution in [-0.2, 0) is 0 Å². The molecule has 2 heteroatoms. The smallest absolute Gasteiger partial charge is 0.123 e. The molecule has 1 rings (SSSR count). The van der Waals surface area contributed by atoms with Crippen molar-refractivity contribution in [3.05, 3.63) is 47.0 Å². The van der Waals surface area contributed by atoms with Gasteiger partial charge in [-0.25, -0.2) is 0 Å². The van der Waals surface area contributed by atoms with Gasteiger partial charge in [0.2, 0.25) is 0 Å². The van der Waals surface area contributed by atoms with Gasteiger partial charge in [-0.3, -0.25) is 0 Å². The molecule has 62 valence electrons. The fourth-order valence-electron chi connectivity index (χ4n) is 0.855. The van der Waals surface area contributed by atoms with Crippen LogP contribution in [0, 0.1) is 0 Å². The second-order valence-corrected chi connectivity index (χ2v) is 3.12. The van der Waals surface area contributed by atoms with Crippen molar-refractivity contribution in [3.63, 3.8) is 0 Å². The average molecular weight is 225 g/mol. The van der Waals surface area contributed by atoms with E-state index in [1.165, 1.54) is 0 Å². The fraction of sp³-hybridized carbons (Fsp3) is 0. The maximum atomic E-state index is 9.40. The molecule has 0 spiro atoms. The summed E-state index contributed by atoms with van der Waals surface area (Å²) in [4.78, 5) is 0. The minimum atomic E-state index is 0.266. The van der Waals surface area contributed by atoms with Crippen LogP contribution in [0.15, 0.2) is 41.4 Å². The van der Waals surface area contributed by atoms with Crippen molar-refractivity contribution in [2.24, 2.45) is 0 Å². The van der Waals surface area contributed by atoms with Crippen LogP contribution < -0.4 is 0 Å². The predicted octanol–water partition coefficient (Wildman–Crippen LogP) is 3.35. The summed E-state index contributed by atoms with van der Waals surface area (Å²) >= 11 is 3.33. The molecule has 0 aliphatic rings. The first kappa shape index (κ1) is 9.07. The highest BCUT2D eigenvalue weighted by Gasteiger charge is 1.99. The number of hydrogen-bond acceptors (Lipinski definition) is 1. The molecule has 0 saturated heterocycles. The zero-order chi connectivity index (χ0) is 8.97.